The minimum atomic E-state index is -0.0359. The summed E-state index contributed by atoms with van der Waals surface area (Å²) in [6.07, 6.45) is 2.30. The average molecular weight is 446 g/mol. The Hall–Kier alpha value is -3.31. The van der Waals surface area contributed by atoms with E-state index in [1.165, 1.54) is 0 Å². The van der Waals surface area contributed by atoms with Crippen LogP contribution in [0, 0.1) is 0 Å². The molecule has 0 N–H and O–H groups in total. The lowest BCUT2D eigenvalue weighted by Gasteiger charge is -2.31. The number of piperidine rings is 1. The van der Waals surface area contributed by atoms with Crippen molar-refractivity contribution in [2.24, 2.45) is 0 Å². The fourth-order valence-electron chi connectivity index (χ4n) is 4.23. The molecule has 0 spiro atoms. The van der Waals surface area contributed by atoms with Crippen LogP contribution >= 0.6 is 0 Å². The number of likely N-dealkylation sites (tertiary alicyclic amines) is 1. The van der Waals surface area contributed by atoms with E-state index in [2.05, 4.69) is 11.8 Å². The van der Waals surface area contributed by atoms with Crippen LogP contribution in [0.2, 0.25) is 0 Å². The summed E-state index contributed by atoms with van der Waals surface area (Å²) in [5.74, 6) is 2.25. The third-order valence-electron chi connectivity index (χ3n) is 6.27. The summed E-state index contributed by atoms with van der Waals surface area (Å²) >= 11 is 0. The van der Waals surface area contributed by atoms with Gasteiger partial charge in [-0.1, -0.05) is 19.1 Å². The largest absolute Gasteiger partial charge is 0.497 e. The third kappa shape index (κ3) is 5.37. The summed E-state index contributed by atoms with van der Waals surface area (Å²) < 4.78 is 16.8. The van der Waals surface area contributed by atoms with Crippen molar-refractivity contribution in [3.63, 3.8) is 0 Å². The molecule has 0 saturated carbocycles. The summed E-state index contributed by atoms with van der Waals surface area (Å²) in [6.45, 7) is 5.43. The zero-order chi connectivity index (χ0) is 23.2. The van der Waals surface area contributed by atoms with Crippen molar-refractivity contribution in [1.82, 2.24) is 4.90 Å². The maximum Gasteiger partial charge on any atom is 0.193 e. The van der Waals surface area contributed by atoms with Gasteiger partial charge in [-0.15, -0.1) is 0 Å². The first-order valence-electron chi connectivity index (χ1n) is 11.5. The first kappa shape index (κ1) is 22.9. The molecule has 172 valence electrons. The quantitative estimate of drug-likeness (QED) is 0.431. The van der Waals surface area contributed by atoms with Crippen molar-refractivity contribution in [1.29, 1.82) is 0 Å². The molecule has 0 amide bonds. The van der Waals surface area contributed by atoms with E-state index in [0.29, 0.717) is 16.9 Å². The maximum absolute atomic E-state index is 13.4. The molecular formula is C28H31NO4. The molecule has 1 fully saturated rings. The summed E-state index contributed by atoms with van der Waals surface area (Å²) in [7, 11) is 3.26. The second-order valence-corrected chi connectivity index (χ2v) is 8.24. The van der Waals surface area contributed by atoms with Crippen LogP contribution in [-0.4, -0.2) is 50.6 Å². The molecule has 1 heterocycles. The van der Waals surface area contributed by atoms with Gasteiger partial charge in [-0.3, -0.25) is 4.79 Å². The molecule has 1 saturated heterocycles. The van der Waals surface area contributed by atoms with E-state index >= 15 is 0 Å². The van der Waals surface area contributed by atoms with E-state index in [9.17, 15) is 4.79 Å². The smallest absolute Gasteiger partial charge is 0.193 e. The summed E-state index contributed by atoms with van der Waals surface area (Å²) in [4.78, 5) is 15.9. The number of benzene rings is 3. The number of methoxy groups -OCH3 is 2. The molecule has 1 aliphatic heterocycles. The molecule has 3 aromatic rings. The topological polar surface area (TPSA) is 48.0 Å². The molecule has 0 radical (unpaired) electrons. The highest BCUT2D eigenvalue weighted by molar-refractivity contribution is 6.13. The molecule has 0 bridgehead atoms. The van der Waals surface area contributed by atoms with Gasteiger partial charge in [0.15, 0.2) is 5.78 Å². The van der Waals surface area contributed by atoms with Gasteiger partial charge < -0.3 is 19.1 Å². The van der Waals surface area contributed by atoms with Crippen LogP contribution in [0.5, 0.6) is 17.2 Å². The predicted molar refractivity (Wildman–Crippen MR) is 131 cm³/mol. The Morgan fingerprint density at radius 3 is 2.06 bits per heavy atom. The SMILES string of the molecule is CCN1CCC(Oc2ccc(C(=O)c3ccc(OC)cc3-c3ccc(OC)cc3)cc2)CC1. The lowest BCUT2D eigenvalue weighted by molar-refractivity contribution is 0.103. The zero-order valence-electron chi connectivity index (χ0n) is 19.5. The highest BCUT2D eigenvalue weighted by Gasteiger charge is 2.20. The Morgan fingerprint density at radius 2 is 1.45 bits per heavy atom. The summed E-state index contributed by atoms with van der Waals surface area (Å²) in [6, 6.07) is 20.7. The summed E-state index contributed by atoms with van der Waals surface area (Å²) in [5.41, 5.74) is 3.01. The van der Waals surface area contributed by atoms with Crippen molar-refractivity contribution in [3.05, 3.63) is 77.9 Å². The monoisotopic (exact) mass is 445 g/mol. The lowest BCUT2D eigenvalue weighted by Crippen LogP contribution is -2.37. The van der Waals surface area contributed by atoms with Gasteiger partial charge in [0.25, 0.3) is 0 Å². The van der Waals surface area contributed by atoms with Gasteiger partial charge in [0.05, 0.1) is 14.2 Å². The van der Waals surface area contributed by atoms with Crippen LogP contribution in [0.25, 0.3) is 11.1 Å². The van der Waals surface area contributed by atoms with Gasteiger partial charge in [0, 0.05) is 24.2 Å². The van der Waals surface area contributed by atoms with Crippen molar-refractivity contribution >= 4 is 5.78 Å². The Bertz CT molecular complexity index is 1070. The van der Waals surface area contributed by atoms with Gasteiger partial charge in [0.1, 0.15) is 23.4 Å². The number of nitrogens with zero attached hydrogens (tertiary/aromatic N) is 1. The van der Waals surface area contributed by atoms with E-state index in [4.69, 9.17) is 14.2 Å². The summed E-state index contributed by atoms with van der Waals surface area (Å²) in [5, 5.41) is 0. The lowest BCUT2D eigenvalue weighted by atomic mass is 9.93. The highest BCUT2D eigenvalue weighted by atomic mass is 16.5. The van der Waals surface area contributed by atoms with Crippen LogP contribution < -0.4 is 14.2 Å². The number of carbonyl (C=O) groups is 1. The zero-order valence-corrected chi connectivity index (χ0v) is 19.5. The van der Waals surface area contributed by atoms with Crippen molar-refractivity contribution in [3.8, 4) is 28.4 Å². The number of hydrogen-bond acceptors (Lipinski definition) is 5. The molecule has 0 aromatic heterocycles. The second-order valence-electron chi connectivity index (χ2n) is 8.24. The molecule has 0 atom stereocenters. The molecule has 5 nitrogen and oxygen atoms in total. The van der Waals surface area contributed by atoms with Crippen LogP contribution in [0.4, 0.5) is 0 Å². The molecule has 33 heavy (non-hydrogen) atoms. The Kier molecular flexibility index (Phi) is 7.30. The molecule has 0 unspecified atom stereocenters. The van der Waals surface area contributed by atoms with E-state index in [-0.39, 0.29) is 11.9 Å². The Balaban J connectivity index is 1.53. The Labute approximate surface area is 195 Å². The standard InChI is InChI=1S/C28H31NO4/c1-4-29-17-15-24(16-18-29)33-23-11-7-21(8-12-23)28(30)26-14-13-25(32-3)19-27(26)20-5-9-22(31-2)10-6-20/h5-14,19,24H,4,15-18H2,1-3H3. The third-order valence-corrected chi connectivity index (χ3v) is 6.27. The number of rotatable bonds is 8. The minimum absolute atomic E-state index is 0.0359. The van der Waals surface area contributed by atoms with Crippen molar-refractivity contribution < 1.29 is 19.0 Å². The van der Waals surface area contributed by atoms with E-state index in [0.717, 1.165) is 55.1 Å². The highest BCUT2D eigenvalue weighted by Crippen LogP contribution is 2.31. The van der Waals surface area contributed by atoms with Crippen molar-refractivity contribution in [2.45, 2.75) is 25.9 Å². The van der Waals surface area contributed by atoms with Gasteiger partial charge in [-0.25, -0.2) is 0 Å². The Morgan fingerprint density at radius 1 is 0.848 bits per heavy atom. The predicted octanol–water partition coefficient (Wildman–Crippen LogP) is 5.46. The molecule has 3 aromatic carbocycles. The van der Waals surface area contributed by atoms with E-state index < -0.39 is 0 Å². The van der Waals surface area contributed by atoms with Crippen LogP contribution in [0.15, 0.2) is 66.7 Å². The molecular weight excluding hydrogens is 414 g/mol. The van der Waals surface area contributed by atoms with Crippen LogP contribution in [-0.2, 0) is 0 Å². The maximum atomic E-state index is 13.4. The molecule has 5 heteroatoms. The van der Waals surface area contributed by atoms with Gasteiger partial charge >= 0.3 is 0 Å². The number of hydrogen-bond donors (Lipinski definition) is 0. The van der Waals surface area contributed by atoms with Crippen molar-refractivity contribution in [2.75, 3.05) is 33.9 Å². The minimum Gasteiger partial charge on any atom is -0.497 e. The van der Waals surface area contributed by atoms with Gasteiger partial charge in [0.2, 0.25) is 0 Å². The average Bonchev–Trinajstić information content (AvgIpc) is 2.89. The number of ether oxygens (including phenoxy) is 3. The first-order chi connectivity index (χ1) is 16.1. The van der Waals surface area contributed by atoms with Gasteiger partial charge in [-0.05, 0) is 85.1 Å². The number of carbonyl (C=O) groups excluding carboxylic acids is 1. The van der Waals surface area contributed by atoms with Gasteiger partial charge in [-0.2, -0.15) is 0 Å². The molecule has 1 aliphatic rings. The second kappa shape index (κ2) is 10.5. The fraction of sp³-hybridized carbons (Fsp3) is 0.321. The molecule has 0 aliphatic carbocycles. The number of ketones is 1. The van der Waals surface area contributed by atoms with E-state index in [1.54, 1.807) is 14.2 Å². The van der Waals surface area contributed by atoms with Crippen LogP contribution in [0.1, 0.15) is 35.7 Å². The molecule has 4 rings (SSSR count). The first-order valence-corrected chi connectivity index (χ1v) is 11.5. The fourth-order valence-corrected chi connectivity index (χ4v) is 4.23. The van der Waals surface area contributed by atoms with Crippen LogP contribution in [0.3, 0.4) is 0 Å². The van der Waals surface area contributed by atoms with E-state index in [1.807, 2.05) is 66.7 Å². The normalized spacial score (nSPS) is 14.6.